The van der Waals surface area contributed by atoms with Crippen LogP contribution in [0.1, 0.15) is 23.4 Å². The average Bonchev–Trinajstić information content (AvgIpc) is 3.56. The number of aryl methyl sites for hydroxylation is 1. The highest BCUT2D eigenvalue weighted by Crippen LogP contribution is 2.28. The van der Waals surface area contributed by atoms with Crippen LogP contribution in [0.5, 0.6) is 0 Å². The van der Waals surface area contributed by atoms with Crippen LogP contribution < -0.4 is 5.56 Å². The minimum atomic E-state index is -0.0561. The van der Waals surface area contributed by atoms with Gasteiger partial charge in [0, 0.05) is 43.9 Å². The monoisotopic (exact) mass is 439 g/mol. The molecule has 4 heterocycles. The summed E-state index contributed by atoms with van der Waals surface area (Å²) in [6.07, 6.45) is 10.8. The van der Waals surface area contributed by atoms with E-state index in [1.807, 2.05) is 31.3 Å². The van der Waals surface area contributed by atoms with Crippen molar-refractivity contribution in [1.82, 2.24) is 19.3 Å². The third kappa shape index (κ3) is 3.80. The molecular formula is C26H23N4OS. The first-order valence-electron chi connectivity index (χ1n) is 11.0. The number of rotatable bonds is 5. The van der Waals surface area contributed by atoms with Gasteiger partial charge in [-0.2, -0.15) is 0 Å². The van der Waals surface area contributed by atoms with Gasteiger partial charge in [0.05, 0.1) is 20.9 Å². The van der Waals surface area contributed by atoms with Crippen molar-refractivity contribution < 1.29 is 0 Å². The molecule has 0 atom stereocenters. The van der Waals surface area contributed by atoms with E-state index in [2.05, 4.69) is 40.6 Å². The molecule has 1 aliphatic heterocycles. The first kappa shape index (κ1) is 19.6. The molecule has 2 aliphatic rings. The Labute approximate surface area is 190 Å². The molecule has 1 aliphatic carbocycles. The van der Waals surface area contributed by atoms with Gasteiger partial charge in [0.1, 0.15) is 5.65 Å². The number of allylic oxidation sites excluding steroid dienone is 1. The van der Waals surface area contributed by atoms with E-state index >= 15 is 0 Å². The fraction of sp³-hybridized carbons (Fsp3) is 0.231. The van der Waals surface area contributed by atoms with E-state index in [1.165, 1.54) is 11.1 Å². The molecule has 4 aromatic rings. The fourth-order valence-corrected chi connectivity index (χ4v) is 5.20. The summed E-state index contributed by atoms with van der Waals surface area (Å²) < 4.78 is 2.78. The largest absolute Gasteiger partial charge is 0.299 e. The van der Waals surface area contributed by atoms with Crippen molar-refractivity contribution in [3.05, 3.63) is 87.7 Å². The van der Waals surface area contributed by atoms with Gasteiger partial charge < -0.3 is 0 Å². The Morgan fingerprint density at radius 1 is 1.09 bits per heavy atom. The van der Waals surface area contributed by atoms with E-state index in [0.29, 0.717) is 11.3 Å². The SMILES string of the molecule is Cc1nc2ccc(-c3cc(=O)n4cc(C5=CCN(CCC6=C[CH]6)CC5)ccc4n3)cc2s1. The molecule has 0 bridgehead atoms. The fourth-order valence-electron chi connectivity index (χ4n) is 4.33. The lowest BCUT2D eigenvalue weighted by molar-refractivity contribution is 0.307. The Hall–Kier alpha value is -3.09. The van der Waals surface area contributed by atoms with E-state index in [9.17, 15) is 4.79 Å². The highest BCUT2D eigenvalue weighted by Gasteiger charge is 2.16. The maximum Gasteiger partial charge on any atom is 0.258 e. The van der Waals surface area contributed by atoms with Gasteiger partial charge in [-0.05, 0) is 55.2 Å². The second-order valence-electron chi connectivity index (χ2n) is 8.48. The molecule has 5 nitrogen and oxygen atoms in total. The zero-order chi connectivity index (χ0) is 21.7. The molecule has 0 saturated heterocycles. The van der Waals surface area contributed by atoms with Crippen LogP contribution in [-0.4, -0.2) is 38.9 Å². The number of fused-ring (bicyclic) bond motifs is 2. The Morgan fingerprint density at radius 3 is 2.78 bits per heavy atom. The van der Waals surface area contributed by atoms with Crippen molar-refractivity contribution in [1.29, 1.82) is 0 Å². The summed E-state index contributed by atoms with van der Waals surface area (Å²) in [5.41, 5.74) is 7.13. The molecule has 6 rings (SSSR count). The van der Waals surface area contributed by atoms with Gasteiger partial charge in [-0.15, -0.1) is 11.3 Å². The minimum absolute atomic E-state index is 0.0561. The van der Waals surface area contributed by atoms with Gasteiger partial charge in [-0.3, -0.25) is 14.1 Å². The molecule has 0 amide bonds. The smallest absolute Gasteiger partial charge is 0.258 e. The number of aromatic nitrogens is 3. The maximum absolute atomic E-state index is 13.0. The Bertz CT molecular complexity index is 1480. The molecule has 1 radical (unpaired) electrons. The summed E-state index contributed by atoms with van der Waals surface area (Å²) in [5, 5.41) is 1.04. The van der Waals surface area contributed by atoms with Crippen LogP contribution in [0.15, 0.2) is 65.1 Å². The van der Waals surface area contributed by atoms with Crippen LogP contribution in [0.2, 0.25) is 0 Å². The summed E-state index contributed by atoms with van der Waals surface area (Å²) in [4.78, 5) is 24.7. The molecule has 1 aromatic carbocycles. The molecule has 159 valence electrons. The van der Waals surface area contributed by atoms with E-state index in [0.717, 1.165) is 58.8 Å². The van der Waals surface area contributed by atoms with Crippen LogP contribution >= 0.6 is 11.3 Å². The van der Waals surface area contributed by atoms with Gasteiger partial charge in [-0.25, -0.2) is 9.97 Å². The van der Waals surface area contributed by atoms with Crippen molar-refractivity contribution in [2.45, 2.75) is 19.8 Å². The number of benzene rings is 1. The Balaban J connectivity index is 1.28. The molecule has 6 heteroatoms. The quantitative estimate of drug-likeness (QED) is 0.444. The van der Waals surface area contributed by atoms with Crippen molar-refractivity contribution in [2.24, 2.45) is 0 Å². The molecule has 0 fully saturated rings. The third-order valence-electron chi connectivity index (χ3n) is 6.23. The van der Waals surface area contributed by atoms with Crippen molar-refractivity contribution in [3.8, 4) is 11.3 Å². The summed E-state index contributed by atoms with van der Waals surface area (Å²) in [6, 6.07) is 11.7. The highest BCUT2D eigenvalue weighted by atomic mass is 32.1. The number of hydrogen-bond acceptors (Lipinski definition) is 5. The number of nitrogens with zero attached hydrogens (tertiary/aromatic N) is 4. The number of pyridine rings is 1. The summed E-state index contributed by atoms with van der Waals surface area (Å²) in [7, 11) is 0. The van der Waals surface area contributed by atoms with Gasteiger partial charge in [0.25, 0.3) is 5.56 Å². The van der Waals surface area contributed by atoms with Crippen LogP contribution in [-0.2, 0) is 0 Å². The second-order valence-corrected chi connectivity index (χ2v) is 9.71. The van der Waals surface area contributed by atoms with Crippen LogP contribution in [0, 0.1) is 13.3 Å². The second kappa shape index (κ2) is 7.80. The average molecular weight is 440 g/mol. The van der Waals surface area contributed by atoms with Crippen LogP contribution in [0.3, 0.4) is 0 Å². The lowest BCUT2D eigenvalue weighted by atomic mass is 10.0. The van der Waals surface area contributed by atoms with E-state index in [1.54, 1.807) is 21.8 Å². The van der Waals surface area contributed by atoms with Crippen LogP contribution in [0.25, 0.3) is 32.7 Å². The summed E-state index contributed by atoms with van der Waals surface area (Å²) in [5.74, 6) is 0. The van der Waals surface area contributed by atoms with Gasteiger partial charge in [-0.1, -0.05) is 23.8 Å². The van der Waals surface area contributed by atoms with Gasteiger partial charge in [0.15, 0.2) is 0 Å². The first-order valence-corrected chi connectivity index (χ1v) is 11.8. The molecule has 0 N–H and O–H groups in total. The molecule has 3 aromatic heterocycles. The molecule has 0 saturated carbocycles. The number of thiazole rings is 1. The lowest BCUT2D eigenvalue weighted by Crippen LogP contribution is -2.29. The molecule has 0 spiro atoms. The van der Waals surface area contributed by atoms with E-state index in [-0.39, 0.29) is 5.56 Å². The van der Waals surface area contributed by atoms with Crippen molar-refractivity contribution in [3.63, 3.8) is 0 Å². The standard InChI is InChI=1S/C26H23N4OS/c1-17-27-22-6-4-20(14-24(22)32-17)23-15-26(31)30-16-21(5-7-25(30)28-23)19-9-12-29(13-10-19)11-8-18-2-3-18/h2-7,9,14-16H,8,10-13H2,1H3. The maximum atomic E-state index is 13.0. The topological polar surface area (TPSA) is 50.5 Å². The normalized spacial score (nSPS) is 16.4. The molecular weight excluding hydrogens is 416 g/mol. The lowest BCUT2D eigenvalue weighted by Gasteiger charge is -2.26. The zero-order valence-electron chi connectivity index (χ0n) is 17.9. The highest BCUT2D eigenvalue weighted by molar-refractivity contribution is 7.18. The predicted molar refractivity (Wildman–Crippen MR) is 131 cm³/mol. The van der Waals surface area contributed by atoms with Crippen molar-refractivity contribution in [2.75, 3.05) is 19.6 Å². The van der Waals surface area contributed by atoms with E-state index in [4.69, 9.17) is 4.98 Å². The summed E-state index contributed by atoms with van der Waals surface area (Å²) in [6.45, 7) is 5.14. The van der Waals surface area contributed by atoms with Gasteiger partial charge >= 0.3 is 0 Å². The zero-order valence-corrected chi connectivity index (χ0v) is 18.7. The van der Waals surface area contributed by atoms with E-state index < -0.39 is 0 Å². The molecule has 32 heavy (non-hydrogen) atoms. The van der Waals surface area contributed by atoms with Crippen molar-refractivity contribution >= 4 is 32.8 Å². The van der Waals surface area contributed by atoms with Gasteiger partial charge in [0.2, 0.25) is 0 Å². The van der Waals surface area contributed by atoms with Crippen LogP contribution in [0.4, 0.5) is 0 Å². The summed E-state index contributed by atoms with van der Waals surface area (Å²) >= 11 is 1.66. The first-order chi connectivity index (χ1) is 15.6. The third-order valence-corrected chi connectivity index (χ3v) is 7.17. The minimum Gasteiger partial charge on any atom is -0.299 e. The number of hydrogen-bond donors (Lipinski definition) is 0. The Morgan fingerprint density at radius 2 is 1.97 bits per heavy atom. The molecule has 0 unspecified atom stereocenters. The predicted octanol–water partition coefficient (Wildman–Crippen LogP) is 4.90. The Kier molecular flexibility index (Phi) is 4.77.